The lowest BCUT2D eigenvalue weighted by Gasteiger charge is -2.29. The van der Waals surface area contributed by atoms with Crippen LogP contribution in [0, 0.1) is 14.9 Å². The molecular formula is C23H16BrIN2O4. The lowest BCUT2D eigenvalue weighted by molar-refractivity contribution is -0.136. The fourth-order valence-corrected chi connectivity index (χ4v) is 5.80. The number of esters is 1. The first-order valence-electron chi connectivity index (χ1n) is 9.32. The van der Waals surface area contributed by atoms with Gasteiger partial charge in [0.2, 0.25) is 0 Å². The Labute approximate surface area is 201 Å². The van der Waals surface area contributed by atoms with Gasteiger partial charge in [-0.15, -0.1) is 0 Å². The number of halogens is 2. The number of carbonyl (C=O) groups excluding carboxylic acids is 2. The molecule has 1 aliphatic heterocycles. The number of methoxy groups -OCH3 is 1. The van der Waals surface area contributed by atoms with Crippen LogP contribution in [0.15, 0.2) is 57.7 Å². The number of nitriles is 1. The number of carbonyl (C=O) groups is 2. The molecule has 8 heteroatoms. The van der Waals surface area contributed by atoms with Gasteiger partial charge in [-0.05, 0) is 63.1 Å². The SMILES string of the molecule is COC(=O)C1=C(C)NC2=C(C(=O)c3ccccc32)[C@H]1c1cc(Br)c(OCC#N)c(I)c1. The van der Waals surface area contributed by atoms with Crippen LogP contribution in [0.4, 0.5) is 0 Å². The minimum atomic E-state index is -0.613. The first kappa shape index (κ1) is 21.6. The maximum atomic E-state index is 13.4. The molecule has 6 nitrogen and oxygen atoms in total. The van der Waals surface area contributed by atoms with Crippen LogP contribution in [0.25, 0.3) is 5.70 Å². The number of ketones is 1. The van der Waals surface area contributed by atoms with Crippen molar-refractivity contribution in [1.29, 1.82) is 5.26 Å². The normalized spacial score (nSPS) is 17.0. The van der Waals surface area contributed by atoms with E-state index in [1.807, 2.05) is 36.4 Å². The Hall–Kier alpha value is -2.64. The molecule has 1 heterocycles. The molecule has 0 aromatic heterocycles. The molecule has 0 fully saturated rings. The first-order chi connectivity index (χ1) is 14.9. The Morgan fingerprint density at radius 3 is 2.65 bits per heavy atom. The number of benzene rings is 2. The van der Waals surface area contributed by atoms with E-state index in [-0.39, 0.29) is 12.4 Å². The molecule has 0 spiro atoms. The first-order valence-corrected chi connectivity index (χ1v) is 11.2. The zero-order valence-electron chi connectivity index (χ0n) is 16.6. The van der Waals surface area contributed by atoms with Gasteiger partial charge in [0.05, 0.1) is 26.4 Å². The number of fused-ring (bicyclic) bond motifs is 2. The predicted molar refractivity (Wildman–Crippen MR) is 126 cm³/mol. The Balaban J connectivity index is 1.92. The molecule has 1 atom stereocenters. The molecular weight excluding hydrogens is 575 g/mol. The summed E-state index contributed by atoms with van der Waals surface area (Å²) in [5, 5.41) is 12.1. The van der Waals surface area contributed by atoms with Gasteiger partial charge in [-0.2, -0.15) is 5.26 Å². The minimum absolute atomic E-state index is 0.0865. The summed E-state index contributed by atoms with van der Waals surface area (Å²) in [7, 11) is 1.33. The van der Waals surface area contributed by atoms with Crippen molar-refractivity contribution in [1.82, 2.24) is 5.32 Å². The van der Waals surface area contributed by atoms with Gasteiger partial charge in [0.15, 0.2) is 12.4 Å². The molecule has 156 valence electrons. The van der Waals surface area contributed by atoms with Crippen LogP contribution < -0.4 is 10.1 Å². The second-order valence-corrected chi connectivity index (χ2v) is 9.03. The number of hydrogen-bond donors (Lipinski definition) is 1. The van der Waals surface area contributed by atoms with Crippen molar-refractivity contribution in [2.75, 3.05) is 13.7 Å². The summed E-state index contributed by atoms with van der Waals surface area (Å²) >= 11 is 5.63. The van der Waals surface area contributed by atoms with Crippen LogP contribution >= 0.6 is 38.5 Å². The predicted octanol–water partition coefficient (Wildman–Crippen LogP) is 4.70. The second-order valence-electron chi connectivity index (χ2n) is 7.01. The van der Waals surface area contributed by atoms with E-state index < -0.39 is 11.9 Å². The molecule has 2 aromatic rings. The quantitative estimate of drug-likeness (QED) is 0.410. The van der Waals surface area contributed by atoms with E-state index in [1.54, 1.807) is 13.0 Å². The van der Waals surface area contributed by atoms with Crippen molar-refractivity contribution in [2.45, 2.75) is 12.8 Å². The highest BCUT2D eigenvalue weighted by molar-refractivity contribution is 14.1. The summed E-state index contributed by atoms with van der Waals surface area (Å²) in [6.07, 6.45) is 0. The summed E-state index contributed by atoms with van der Waals surface area (Å²) in [6.45, 7) is 1.72. The van der Waals surface area contributed by atoms with Gasteiger partial charge < -0.3 is 14.8 Å². The monoisotopic (exact) mass is 590 g/mol. The molecule has 2 aliphatic rings. The third-order valence-corrected chi connectivity index (χ3v) is 6.68. The Morgan fingerprint density at radius 1 is 1.29 bits per heavy atom. The number of ether oxygens (including phenoxy) is 2. The highest BCUT2D eigenvalue weighted by Gasteiger charge is 2.43. The highest BCUT2D eigenvalue weighted by Crippen LogP contribution is 2.48. The van der Waals surface area contributed by atoms with Crippen LogP contribution in [-0.4, -0.2) is 25.5 Å². The van der Waals surface area contributed by atoms with E-state index in [4.69, 9.17) is 14.7 Å². The van der Waals surface area contributed by atoms with Crippen molar-refractivity contribution in [3.63, 3.8) is 0 Å². The number of dihydropyridines is 1. The van der Waals surface area contributed by atoms with Crippen LogP contribution in [0.2, 0.25) is 0 Å². The van der Waals surface area contributed by atoms with E-state index in [2.05, 4.69) is 43.8 Å². The Kier molecular flexibility index (Phi) is 5.90. The zero-order chi connectivity index (χ0) is 22.3. The van der Waals surface area contributed by atoms with Crippen LogP contribution in [-0.2, 0) is 9.53 Å². The Bertz CT molecular complexity index is 1220. The molecule has 1 N–H and O–H groups in total. The fourth-order valence-electron chi connectivity index (χ4n) is 4.03. The molecule has 0 saturated carbocycles. The second kappa shape index (κ2) is 8.48. The van der Waals surface area contributed by atoms with Crippen molar-refractivity contribution in [3.8, 4) is 11.8 Å². The molecule has 0 amide bonds. The fraction of sp³-hybridized carbons (Fsp3) is 0.174. The van der Waals surface area contributed by atoms with E-state index in [1.165, 1.54) is 7.11 Å². The van der Waals surface area contributed by atoms with E-state index in [0.29, 0.717) is 38.3 Å². The Morgan fingerprint density at radius 2 is 2.00 bits per heavy atom. The van der Waals surface area contributed by atoms with Gasteiger partial charge in [0.25, 0.3) is 0 Å². The van der Waals surface area contributed by atoms with Gasteiger partial charge in [-0.25, -0.2) is 4.79 Å². The zero-order valence-corrected chi connectivity index (χ0v) is 20.3. The summed E-state index contributed by atoms with van der Waals surface area (Å²) in [4.78, 5) is 26.2. The molecule has 0 bridgehead atoms. The number of allylic oxidation sites excluding steroid dienone is 2. The maximum absolute atomic E-state index is 13.4. The van der Waals surface area contributed by atoms with Gasteiger partial charge in [0, 0.05) is 28.3 Å². The third-order valence-electron chi connectivity index (χ3n) is 5.29. The molecule has 0 radical (unpaired) electrons. The lowest BCUT2D eigenvalue weighted by atomic mass is 9.80. The van der Waals surface area contributed by atoms with E-state index in [9.17, 15) is 9.59 Å². The third kappa shape index (κ3) is 3.55. The van der Waals surface area contributed by atoms with Crippen LogP contribution in [0.1, 0.15) is 34.3 Å². The van der Waals surface area contributed by atoms with Crippen LogP contribution in [0.5, 0.6) is 5.75 Å². The van der Waals surface area contributed by atoms with Crippen molar-refractivity contribution in [3.05, 3.63) is 78.0 Å². The topological polar surface area (TPSA) is 88.4 Å². The average Bonchev–Trinajstić information content (AvgIpc) is 3.03. The molecule has 2 aromatic carbocycles. The van der Waals surface area contributed by atoms with Crippen molar-refractivity contribution in [2.24, 2.45) is 0 Å². The average molecular weight is 591 g/mol. The van der Waals surface area contributed by atoms with E-state index >= 15 is 0 Å². The smallest absolute Gasteiger partial charge is 0.336 e. The number of Topliss-reactive ketones (excluding diaryl/α,β-unsaturated/α-hetero) is 1. The van der Waals surface area contributed by atoms with Gasteiger partial charge in [0.1, 0.15) is 11.8 Å². The minimum Gasteiger partial charge on any atom is -0.476 e. The molecule has 4 rings (SSSR count). The molecule has 0 saturated heterocycles. The molecule has 0 unspecified atom stereocenters. The van der Waals surface area contributed by atoms with E-state index in [0.717, 1.165) is 14.7 Å². The largest absolute Gasteiger partial charge is 0.476 e. The lowest BCUT2D eigenvalue weighted by Crippen LogP contribution is -2.29. The maximum Gasteiger partial charge on any atom is 0.336 e. The molecule has 31 heavy (non-hydrogen) atoms. The number of hydrogen-bond acceptors (Lipinski definition) is 6. The summed E-state index contributed by atoms with van der Waals surface area (Å²) in [6, 6.07) is 13.0. The highest BCUT2D eigenvalue weighted by atomic mass is 127. The summed E-state index contributed by atoms with van der Waals surface area (Å²) in [5.41, 5.74) is 4.42. The van der Waals surface area contributed by atoms with Gasteiger partial charge in [-0.1, -0.05) is 24.3 Å². The standard InChI is InChI=1S/C23H16BrIN2O4/c1-11-17(23(29)30-2)18(12-9-15(24)22(16(25)10-12)31-8-7-26)19-20(27-11)13-5-3-4-6-14(13)21(19)28/h3-6,9-10,18,27H,8H2,1-2H3/t18-/m0/s1. The van der Waals surface area contributed by atoms with Gasteiger partial charge >= 0.3 is 5.97 Å². The molecule has 1 aliphatic carbocycles. The van der Waals surface area contributed by atoms with Crippen LogP contribution in [0.3, 0.4) is 0 Å². The number of nitrogens with one attached hydrogen (secondary N) is 1. The van der Waals surface area contributed by atoms with Crippen molar-refractivity contribution >= 4 is 56.0 Å². The number of nitrogens with zero attached hydrogens (tertiary/aromatic N) is 1. The summed E-state index contributed by atoms with van der Waals surface area (Å²) < 4.78 is 12.0. The summed E-state index contributed by atoms with van der Waals surface area (Å²) in [5.74, 6) is -0.692. The van der Waals surface area contributed by atoms with Gasteiger partial charge in [-0.3, -0.25) is 4.79 Å². The number of rotatable bonds is 4. The van der Waals surface area contributed by atoms with Crippen molar-refractivity contribution < 1.29 is 19.1 Å².